The zero-order valence-electron chi connectivity index (χ0n) is 7.50. The van der Waals surface area contributed by atoms with Crippen LogP contribution in [0.3, 0.4) is 0 Å². The van der Waals surface area contributed by atoms with Crippen LogP contribution in [0.2, 0.25) is 0 Å². The Kier molecular flexibility index (Phi) is 2.53. The number of rotatable bonds is 0. The van der Waals surface area contributed by atoms with Gasteiger partial charge in [-0.2, -0.15) is 0 Å². The van der Waals surface area contributed by atoms with E-state index in [0.29, 0.717) is 5.92 Å². The fraction of sp³-hybridized carbons (Fsp3) is 0.455. The highest BCUT2D eigenvalue weighted by molar-refractivity contribution is 6.30. The van der Waals surface area contributed by atoms with Crippen LogP contribution in [0.25, 0.3) is 0 Å². The van der Waals surface area contributed by atoms with Gasteiger partial charge in [-0.3, -0.25) is 0 Å². The predicted molar refractivity (Wildman–Crippen MR) is 57.5 cm³/mol. The van der Waals surface area contributed by atoms with Crippen molar-refractivity contribution in [2.45, 2.75) is 24.1 Å². The molecule has 0 nitrogen and oxygen atoms in total. The van der Waals surface area contributed by atoms with Crippen LogP contribution in [0.5, 0.6) is 0 Å². The summed E-state index contributed by atoms with van der Waals surface area (Å²) in [5, 5.41) is 0.0400. The highest BCUT2D eigenvalue weighted by Crippen LogP contribution is 2.40. The molecule has 0 fully saturated rings. The lowest BCUT2D eigenvalue weighted by molar-refractivity contribution is 0.500. The molecule has 3 atom stereocenters. The first-order valence-electron chi connectivity index (χ1n) is 4.56. The Morgan fingerprint density at radius 1 is 1.23 bits per heavy atom. The minimum Gasteiger partial charge on any atom is -0.121 e. The molecule has 0 saturated carbocycles. The van der Waals surface area contributed by atoms with Crippen molar-refractivity contribution >= 4 is 23.2 Å². The maximum Gasteiger partial charge on any atom is 0.0754 e. The summed E-state index contributed by atoms with van der Waals surface area (Å²) in [5.41, 5.74) is 2.56. The van der Waals surface area contributed by atoms with Crippen molar-refractivity contribution in [2.24, 2.45) is 5.92 Å². The molecule has 0 saturated heterocycles. The summed E-state index contributed by atoms with van der Waals surface area (Å²) in [6.07, 6.45) is 1.05. The number of halogens is 2. The molecular formula is C11H12Cl2. The van der Waals surface area contributed by atoms with Gasteiger partial charge in [-0.1, -0.05) is 31.2 Å². The second-order valence-electron chi connectivity index (χ2n) is 3.73. The summed E-state index contributed by atoms with van der Waals surface area (Å²) >= 11 is 12.5. The van der Waals surface area contributed by atoms with Crippen molar-refractivity contribution < 1.29 is 0 Å². The second-order valence-corrected chi connectivity index (χ2v) is 4.70. The van der Waals surface area contributed by atoms with Gasteiger partial charge in [0.1, 0.15) is 0 Å². The van der Waals surface area contributed by atoms with Crippen molar-refractivity contribution in [3.8, 4) is 0 Å². The molecule has 1 aliphatic rings. The van der Waals surface area contributed by atoms with E-state index in [-0.39, 0.29) is 10.8 Å². The van der Waals surface area contributed by atoms with Crippen LogP contribution in [-0.4, -0.2) is 5.38 Å². The smallest absolute Gasteiger partial charge is 0.0754 e. The number of fused-ring (bicyclic) bond motifs is 1. The van der Waals surface area contributed by atoms with Gasteiger partial charge in [0.2, 0.25) is 0 Å². The minimum atomic E-state index is -0.0263. The molecule has 2 rings (SSSR count). The van der Waals surface area contributed by atoms with Crippen LogP contribution in [0.4, 0.5) is 0 Å². The molecule has 0 radical (unpaired) electrons. The van der Waals surface area contributed by atoms with Gasteiger partial charge in [0.05, 0.1) is 10.8 Å². The van der Waals surface area contributed by atoms with Crippen molar-refractivity contribution in [3.63, 3.8) is 0 Å². The van der Waals surface area contributed by atoms with E-state index in [1.165, 1.54) is 11.1 Å². The van der Waals surface area contributed by atoms with E-state index >= 15 is 0 Å². The second kappa shape index (κ2) is 3.51. The van der Waals surface area contributed by atoms with Gasteiger partial charge in [0, 0.05) is 0 Å². The average molecular weight is 215 g/mol. The third-order valence-electron chi connectivity index (χ3n) is 2.72. The summed E-state index contributed by atoms with van der Waals surface area (Å²) in [4.78, 5) is 0. The molecule has 0 bridgehead atoms. The number of hydrogen-bond donors (Lipinski definition) is 0. The molecule has 0 unspecified atom stereocenters. The number of hydrogen-bond acceptors (Lipinski definition) is 0. The Morgan fingerprint density at radius 2 is 1.92 bits per heavy atom. The van der Waals surface area contributed by atoms with Crippen LogP contribution in [0.15, 0.2) is 24.3 Å². The van der Waals surface area contributed by atoms with Crippen molar-refractivity contribution in [2.75, 3.05) is 0 Å². The van der Waals surface area contributed by atoms with Crippen molar-refractivity contribution in [3.05, 3.63) is 35.4 Å². The van der Waals surface area contributed by atoms with E-state index in [1.807, 2.05) is 6.07 Å². The molecular weight excluding hydrogens is 203 g/mol. The molecule has 0 N–H and O–H groups in total. The predicted octanol–water partition coefficient (Wildman–Crippen LogP) is 3.77. The lowest BCUT2D eigenvalue weighted by atomic mass is 9.84. The molecule has 1 aromatic carbocycles. The molecule has 70 valence electrons. The third kappa shape index (κ3) is 1.58. The summed E-state index contributed by atoms with van der Waals surface area (Å²) in [5.74, 6) is 0.471. The maximum absolute atomic E-state index is 6.26. The van der Waals surface area contributed by atoms with E-state index in [0.717, 1.165) is 6.42 Å². The van der Waals surface area contributed by atoms with Gasteiger partial charge < -0.3 is 0 Å². The highest BCUT2D eigenvalue weighted by atomic mass is 35.5. The number of alkyl halides is 2. The zero-order valence-corrected chi connectivity index (χ0v) is 9.02. The summed E-state index contributed by atoms with van der Waals surface area (Å²) in [6.45, 7) is 2.16. The topological polar surface area (TPSA) is 0 Å². The minimum absolute atomic E-state index is 0.0263. The molecule has 0 heterocycles. The monoisotopic (exact) mass is 214 g/mol. The van der Waals surface area contributed by atoms with Crippen LogP contribution in [0.1, 0.15) is 23.4 Å². The summed E-state index contributed by atoms with van der Waals surface area (Å²) in [7, 11) is 0. The first-order valence-corrected chi connectivity index (χ1v) is 5.43. The van der Waals surface area contributed by atoms with Crippen LogP contribution >= 0.6 is 23.2 Å². The quantitative estimate of drug-likeness (QED) is 0.578. The van der Waals surface area contributed by atoms with Crippen molar-refractivity contribution in [1.29, 1.82) is 0 Å². The standard InChI is InChI=1S/C11H12Cl2/c1-7-6-8-4-2-3-5-9(8)11(13)10(7)12/h2-5,7,10-11H,6H2,1H3/t7-,10-,11-/m1/s1. The first kappa shape index (κ1) is 9.36. The third-order valence-corrected chi connectivity index (χ3v) is 4.03. The van der Waals surface area contributed by atoms with Gasteiger partial charge in [0.25, 0.3) is 0 Å². The van der Waals surface area contributed by atoms with Crippen molar-refractivity contribution in [1.82, 2.24) is 0 Å². The molecule has 0 aliphatic heterocycles. The molecule has 0 amide bonds. The first-order chi connectivity index (χ1) is 6.20. The molecule has 1 aliphatic carbocycles. The SMILES string of the molecule is C[C@@H]1Cc2ccccc2[C@@H](Cl)[C@@H]1Cl. The Balaban J connectivity index is 2.43. The highest BCUT2D eigenvalue weighted by Gasteiger charge is 2.31. The van der Waals surface area contributed by atoms with Gasteiger partial charge in [0.15, 0.2) is 0 Å². The Labute approximate surface area is 88.9 Å². The Bertz CT molecular complexity index is 309. The lowest BCUT2D eigenvalue weighted by Crippen LogP contribution is -2.25. The Hall–Kier alpha value is -0.200. The van der Waals surface area contributed by atoms with Gasteiger partial charge >= 0.3 is 0 Å². The van der Waals surface area contributed by atoms with E-state index in [4.69, 9.17) is 23.2 Å². The van der Waals surface area contributed by atoms with E-state index in [2.05, 4.69) is 25.1 Å². The normalized spacial score (nSPS) is 32.7. The number of benzene rings is 1. The molecule has 0 spiro atoms. The van der Waals surface area contributed by atoms with Crippen LogP contribution in [0, 0.1) is 5.92 Å². The lowest BCUT2D eigenvalue weighted by Gasteiger charge is -2.30. The largest absolute Gasteiger partial charge is 0.121 e. The molecule has 1 aromatic rings. The van der Waals surface area contributed by atoms with E-state index < -0.39 is 0 Å². The average Bonchev–Trinajstić information content (AvgIpc) is 2.15. The summed E-state index contributed by atoms with van der Waals surface area (Å²) < 4.78 is 0. The van der Waals surface area contributed by atoms with E-state index in [9.17, 15) is 0 Å². The van der Waals surface area contributed by atoms with Crippen LogP contribution in [-0.2, 0) is 6.42 Å². The van der Waals surface area contributed by atoms with E-state index in [1.54, 1.807) is 0 Å². The van der Waals surface area contributed by atoms with Gasteiger partial charge in [-0.25, -0.2) is 0 Å². The maximum atomic E-state index is 6.26. The molecule has 2 heteroatoms. The molecule has 0 aromatic heterocycles. The molecule has 13 heavy (non-hydrogen) atoms. The van der Waals surface area contributed by atoms with Gasteiger partial charge in [-0.15, -0.1) is 23.2 Å². The Morgan fingerprint density at radius 3 is 2.69 bits per heavy atom. The fourth-order valence-electron chi connectivity index (χ4n) is 1.91. The fourth-order valence-corrected chi connectivity index (χ4v) is 2.59. The van der Waals surface area contributed by atoms with Crippen LogP contribution < -0.4 is 0 Å². The van der Waals surface area contributed by atoms with Gasteiger partial charge in [-0.05, 0) is 23.5 Å². The summed E-state index contributed by atoms with van der Waals surface area (Å²) in [6, 6.07) is 8.30. The zero-order chi connectivity index (χ0) is 9.42.